The summed E-state index contributed by atoms with van der Waals surface area (Å²) >= 11 is 1.30. The van der Waals surface area contributed by atoms with Crippen molar-refractivity contribution in [1.29, 1.82) is 0 Å². The summed E-state index contributed by atoms with van der Waals surface area (Å²) in [6.45, 7) is 3.87. The van der Waals surface area contributed by atoms with Crippen molar-refractivity contribution in [1.82, 2.24) is 4.98 Å². The van der Waals surface area contributed by atoms with Crippen LogP contribution < -0.4 is 14.2 Å². The molecule has 0 saturated carbocycles. The molecule has 8 heteroatoms. The number of aromatic nitrogens is 1. The minimum Gasteiger partial charge on any atom is -0.497 e. The molecule has 2 aromatic carbocycles. The summed E-state index contributed by atoms with van der Waals surface area (Å²) in [4.78, 5) is 5.56. The molecule has 142 valence electrons. The Morgan fingerprint density at radius 2 is 1.70 bits per heavy atom. The average Bonchev–Trinajstić information content (AvgIpc) is 3.01. The number of hydrogen-bond donors (Lipinski definition) is 1. The van der Waals surface area contributed by atoms with Gasteiger partial charge in [0.1, 0.15) is 11.5 Å². The highest BCUT2D eigenvalue weighted by molar-refractivity contribution is 7.93. The normalized spacial score (nSPS) is 11.3. The van der Waals surface area contributed by atoms with E-state index in [-0.39, 0.29) is 4.90 Å². The first kappa shape index (κ1) is 19.2. The molecule has 0 atom stereocenters. The minimum atomic E-state index is -3.72. The van der Waals surface area contributed by atoms with Crippen LogP contribution in [-0.2, 0) is 10.0 Å². The van der Waals surface area contributed by atoms with Gasteiger partial charge in [0.25, 0.3) is 10.0 Å². The largest absolute Gasteiger partial charge is 0.497 e. The van der Waals surface area contributed by atoms with E-state index in [1.807, 2.05) is 32.0 Å². The second-order valence-electron chi connectivity index (χ2n) is 5.89. The van der Waals surface area contributed by atoms with Crippen LogP contribution in [0, 0.1) is 13.8 Å². The van der Waals surface area contributed by atoms with Crippen LogP contribution in [0.5, 0.6) is 11.5 Å². The summed E-state index contributed by atoms with van der Waals surface area (Å²) in [6.07, 6.45) is 0. The fourth-order valence-electron chi connectivity index (χ4n) is 2.66. The van der Waals surface area contributed by atoms with Crippen LogP contribution in [0.3, 0.4) is 0 Å². The van der Waals surface area contributed by atoms with Gasteiger partial charge in [-0.1, -0.05) is 0 Å². The second-order valence-corrected chi connectivity index (χ2v) is 8.77. The average molecular weight is 405 g/mol. The van der Waals surface area contributed by atoms with Crippen LogP contribution in [0.15, 0.2) is 47.4 Å². The number of benzene rings is 2. The maximum atomic E-state index is 12.6. The molecule has 3 aromatic rings. The highest BCUT2D eigenvalue weighted by Gasteiger charge is 2.18. The number of anilines is 1. The number of ether oxygens (including phenoxy) is 2. The van der Waals surface area contributed by atoms with Crippen LogP contribution in [0.4, 0.5) is 5.13 Å². The maximum absolute atomic E-state index is 12.6. The number of methoxy groups -OCH3 is 2. The molecule has 1 heterocycles. The molecular formula is C19H20N2O4S2. The highest BCUT2D eigenvalue weighted by Crippen LogP contribution is 2.33. The zero-order valence-electron chi connectivity index (χ0n) is 15.4. The van der Waals surface area contributed by atoms with E-state index in [2.05, 4.69) is 9.71 Å². The number of nitrogens with zero attached hydrogens (tertiary/aromatic N) is 1. The lowest BCUT2D eigenvalue weighted by molar-refractivity contribution is 0.412. The van der Waals surface area contributed by atoms with Crippen LogP contribution in [-0.4, -0.2) is 27.6 Å². The third kappa shape index (κ3) is 4.06. The first-order valence-corrected chi connectivity index (χ1v) is 10.4. The van der Waals surface area contributed by atoms with Crippen molar-refractivity contribution in [3.05, 3.63) is 52.9 Å². The van der Waals surface area contributed by atoms with Crippen molar-refractivity contribution in [3.63, 3.8) is 0 Å². The summed E-state index contributed by atoms with van der Waals surface area (Å²) in [5.41, 5.74) is 2.65. The summed E-state index contributed by atoms with van der Waals surface area (Å²) in [5, 5.41) is 0.326. The lowest BCUT2D eigenvalue weighted by atomic mass is 10.1. The predicted molar refractivity (Wildman–Crippen MR) is 107 cm³/mol. The molecule has 0 saturated heterocycles. The van der Waals surface area contributed by atoms with Gasteiger partial charge < -0.3 is 9.47 Å². The van der Waals surface area contributed by atoms with Crippen molar-refractivity contribution in [2.45, 2.75) is 18.7 Å². The first-order chi connectivity index (χ1) is 12.8. The molecule has 0 amide bonds. The third-order valence-corrected chi connectivity index (χ3v) is 6.43. The van der Waals surface area contributed by atoms with E-state index in [1.165, 1.54) is 30.6 Å². The van der Waals surface area contributed by atoms with Crippen molar-refractivity contribution >= 4 is 26.5 Å². The quantitative estimate of drug-likeness (QED) is 0.665. The summed E-state index contributed by atoms with van der Waals surface area (Å²) in [6, 6.07) is 12.0. The van der Waals surface area contributed by atoms with Crippen LogP contribution in [0.1, 0.15) is 10.4 Å². The molecule has 0 spiro atoms. The molecule has 3 rings (SSSR count). The first-order valence-electron chi connectivity index (χ1n) is 8.13. The minimum absolute atomic E-state index is 0.151. The zero-order valence-corrected chi connectivity index (χ0v) is 17.1. The molecule has 0 fully saturated rings. The molecule has 6 nitrogen and oxygen atoms in total. The molecule has 0 aliphatic carbocycles. The van der Waals surface area contributed by atoms with Gasteiger partial charge in [0.15, 0.2) is 5.13 Å². The van der Waals surface area contributed by atoms with Gasteiger partial charge in [-0.25, -0.2) is 13.4 Å². The third-order valence-electron chi connectivity index (χ3n) is 4.06. The summed E-state index contributed by atoms with van der Waals surface area (Å²) in [5.74, 6) is 1.39. The van der Waals surface area contributed by atoms with E-state index in [9.17, 15) is 8.42 Å². The molecule has 0 aliphatic rings. The topological polar surface area (TPSA) is 77.5 Å². The van der Waals surface area contributed by atoms with Crippen molar-refractivity contribution < 1.29 is 17.9 Å². The van der Waals surface area contributed by atoms with Gasteiger partial charge in [-0.3, -0.25) is 4.72 Å². The fraction of sp³-hybridized carbons (Fsp3) is 0.211. The lowest BCUT2D eigenvalue weighted by Gasteiger charge is -2.07. The van der Waals surface area contributed by atoms with Crippen LogP contribution >= 0.6 is 11.3 Å². The fourth-order valence-corrected chi connectivity index (χ4v) is 4.73. The van der Waals surface area contributed by atoms with Gasteiger partial charge in [0, 0.05) is 10.4 Å². The highest BCUT2D eigenvalue weighted by atomic mass is 32.2. The van der Waals surface area contributed by atoms with Gasteiger partial charge in [-0.2, -0.15) is 0 Å². The Labute approximate surface area is 162 Å². The summed E-state index contributed by atoms with van der Waals surface area (Å²) in [7, 11) is -0.563. The SMILES string of the molecule is COc1ccc(S(=O)(=O)Nc2nc(-c3ccc(OC)c(C)c3)c(C)s2)cc1. The van der Waals surface area contributed by atoms with Gasteiger partial charge in [0.2, 0.25) is 0 Å². The molecule has 0 unspecified atom stereocenters. The summed E-state index contributed by atoms with van der Waals surface area (Å²) < 4.78 is 38.1. The Morgan fingerprint density at radius 1 is 1.00 bits per heavy atom. The maximum Gasteiger partial charge on any atom is 0.263 e. The van der Waals surface area contributed by atoms with E-state index in [0.717, 1.165) is 27.4 Å². The smallest absolute Gasteiger partial charge is 0.263 e. The molecule has 1 N–H and O–H groups in total. The van der Waals surface area contributed by atoms with Crippen molar-refractivity contribution in [2.24, 2.45) is 0 Å². The van der Waals surface area contributed by atoms with Gasteiger partial charge in [-0.15, -0.1) is 11.3 Å². The van der Waals surface area contributed by atoms with Crippen LogP contribution in [0.2, 0.25) is 0 Å². The number of thiazole rings is 1. The Morgan fingerprint density at radius 3 is 2.30 bits per heavy atom. The molecular weight excluding hydrogens is 384 g/mol. The molecule has 27 heavy (non-hydrogen) atoms. The Bertz CT molecular complexity index is 1060. The number of rotatable bonds is 6. The van der Waals surface area contributed by atoms with Crippen LogP contribution in [0.25, 0.3) is 11.3 Å². The zero-order chi connectivity index (χ0) is 19.6. The van der Waals surface area contributed by atoms with E-state index < -0.39 is 10.0 Å². The number of hydrogen-bond acceptors (Lipinski definition) is 6. The number of sulfonamides is 1. The van der Waals surface area contributed by atoms with E-state index in [4.69, 9.17) is 9.47 Å². The lowest BCUT2D eigenvalue weighted by Crippen LogP contribution is -2.12. The Hall–Kier alpha value is -2.58. The van der Waals surface area contributed by atoms with E-state index in [0.29, 0.717) is 10.9 Å². The van der Waals surface area contributed by atoms with E-state index >= 15 is 0 Å². The standard InChI is InChI=1S/C19H20N2O4S2/c1-12-11-14(5-10-17(12)25-4)18-13(2)26-19(20-18)21-27(22,23)16-8-6-15(24-3)7-9-16/h5-11H,1-4H3,(H,20,21). The van der Waals surface area contributed by atoms with E-state index in [1.54, 1.807) is 19.2 Å². The monoisotopic (exact) mass is 404 g/mol. The Kier molecular flexibility index (Phi) is 5.38. The van der Waals surface area contributed by atoms with Gasteiger partial charge in [-0.05, 0) is 61.9 Å². The molecule has 1 aromatic heterocycles. The Balaban J connectivity index is 1.88. The van der Waals surface area contributed by atoms with Crippen molar-refractivity contribution in [2.75, 3.05) is 18.9 Å². The number of aryl methyl sites for hydroxylation is 2. The number of nitrogens with one attached hydrogen (secondary N) is 1. The van der Waals surface area contributed by atoms with Crippen molar-refractivity contribution in [3.8, 4) is 22.8 Å². The molecule has 0 bridgehead atoms. The molecule has 0 radical (unpaired) electrons. The molecule has 0 aliphatic heterocycles. The van der Waals surface area contributed by atoms with Gasteiger partial charge >= 0.3 is 0 Å². The predicted octanol–water partition coefficient (Wildman–Crippen LogP) is 4.24. The van der Waals surface area contributed by atoms with Gasteiger partial charge in [0.05, 0.1) is 24.8 Å². The second kappa shape index (κ2) is 7.58.